The monoisotopic (exact) mass is 335 g/mol. The second-order valence-corrected chi connectivity index (χ2v) is 6.02. The molecule has 2 rings (SSSR count). The Kier molecular flexibility index (Phi) is 6.44. The third kappa shape index (κ3) is 4.57. The molecule has 0 aliphatic rings. The lowest BCUT2D eigenvalue weighted by Crippen LogP contribution is -2.03. The molecule has 0 radical (unpaired) electrons. The number of aliphatic hydroxyl groups excluding tert-OH is 1. The molecular formula is C18H19Cl2NO. The van der Waals surface area contributed by atoms with E-state index in [2.05, 4.69) is 11.9 Å². The van der Waals surface area contributed by atoms with Crippen LogP contribution in [0.15, 0.2) is 48.3 Å². The van der Waals surface area contributed by atoms with Crippen LogP contribution in [0.4, 0.5) is 0 Å². The quantitative estimate of drug-likeness (QED) is 0.734. The predicted octanol–water partition coefficient (Wildman–Crippen LogP) is 5.70. The number of benzene rings is 1. The first-order valence-electron chi connectivity index (χ1n) is 7.35. The first-order valence-corrected chi connectivity index (χ1v) is 8.11. The van der Waals surface area contributed by atoms with Crippen molar-refractivity contribution in [3.8, 4) is 0 Å². The molecule has 2 nitrogen and oxygen atoms in total. The van der Waals surface area contributed by atoms with Gasteiger partial charge in [0.15, 0.2) is 0 Å². The first kappa shape index (κ1) is 17.0. The van der Waals surface area contributed by atoms with Crippen LogP contribution in [0.25, 0.3) is 6.08 Å². The minimum atomic E-state index is -0.739. The van der Waals surface area contributed by atoms with Gasteiger partial charge in [-0.2, -0.15) is 0 Å². The van der Waals surface area contributed by atoms with Crippen LogP contribution in [0, 0.1) is 0 Å². The molecule has 0 aliphatic carbocycles. The van der Waals surface area contributed by atoms with Gasteiger partial charge in [0.25, 0.3) is 0 Å². The maximum Gasteiger partial charge on any atom is 0.102 e. The van der Waals surface area contributed by atoms with Gasteiger partial charge in [-0.1, -0.05) is 54.8 Å². The molecule has 0 saturated heterocycles. The SMILES string of the molecule is CCCCC(=Cc1cccnc1)C(O)c1ccc(Cl)cc1Cl. The number of hydrogen-bond donors (Lipinski definition) is 1. The molecule has 0 bridgehead atoms. The Hall–Kier alpha value is -1.35. The minimum absolute atomic E-state index is 0.480. The van der Waals surface area contributed by atoms with Crippen molar-refractivity contribution in [2.75, 3.05) is 0 Å². The molecule has 0 spiro atoms. The average molecular weight is 336 g/mol. The molecule has 1 N–H and O–H groups in total. The Balaban J connectivity index is 2.33. The zero-order valence-corrected chi connectivity index (χ0v) is 14.0. The zero-order chi connectivity index (χ0) is 15.9. The minimum Gasteiger partial charge on any atom is -0.384 e. The van der Waals surface area contributed by atoms with Gasteiger partial charge in [0.1, 0.15) is 6.10 Å². The lowest BCUT2D eigenvalue weighted by atomic mass is 9.95. The Morgan fingerprint density at radius 2 is 2.14 bits per heavy atom. The number of nitrogens with zero attached hydrogens (tertiary/aromatic N) is 1. The van der Waals surface area contributed by atoms with E-state index in [-0.39, 0.29) is 0 Å². The van der Waals surface area contributed by atoms with Gasteiger partial charge in [0.2, 0.25) is 0 Å². The van der Waals surface area contributed by atoms with Gasteiger partial charge in [0, 0.05) is 28.0 Å². The highest BCUT2D eigenvalue weighted by Crippen LogP contribution is 2.33. The maximum atomic E-state index is 10.7. The number of unbranched alkanes of at least 4 members (excludes halogenated alkanes) is 1. The number of hydrogen-bond acceptors (Lipinski definition) is 2. The Morgan fingerprint density at radius 3 is 2.77 bits per heavy atom. The average Bonchev–Trinajstić information content (AvgIpc) is 2.52. The van der Waals surface area contributed by atoms with E-state index >= 15 is 0 Å². The molecule has 0 aliphatic heterocycles. The van der Waals surface area contributed by atoms with Gasteiger partial charge in [-0.3, -0.25) is 4.98 Å². The van der Waals surface area contributed by atoms with Crippen LogP contribution in [-0.4, -0.2) is 10.1 Å². The molecule has 1 atom stereocenters. The van der Waals surface area contributed by atoms with E-state index in [1.807, 2.05) is 18.2 Å². The van der Waals surface area contributed by atoms with E-state index < -0.39 is 6.10 Å². The molecule has 22 heavy (non-hydrogen) atoms. The standard InChI is InChI=1S/C18H19Cl2NO/c1-2-3-6-14(10-13-5-4-9-21-12-13)18(22)16-8-7-15(19)11-17(16)20/h4-5,7-12,18,22H,2-3,6H2,1H3. The van der Waals surface area contributed by atoms with E-state index in [1.54, 1.807) is 30.6 Å². The molecule has 0 amide bonds. The van der Waals surface area contributed by atoms with E-state index in [4.69, 9.17) is 23.2 Å². The number of halogens is 2. The molecule has 1 heterocycles. The van der Waals surface area contributed by atoms with E-state index in [1.165, 1.54) is 0 Å². The van der Waals surface area contributed by atoms with Crippen LogP contribution >= 0.6 is 23.2 Å². The second-order valence-electron chi connectivity index (χ2n) is 5.18. The highest BCUT2D eigenvalue weighted by molar-refractivity contribution is 6.35. The first-order chi connectivity index (χ1) is 10.6. The third-order valence-corrected chi connectivity index (χ3v) is 4.03. The summed E-state index contributed by atoms with van der Waals surface area (Å²) in [6.07, 6.45) is 7.64. The number of aromatic nitrogens is 1. The summed E-state index contributed by atoms with van der Waals surface area (Å²) in [4.78, 5) is 4.11. The summed E-state index contributed by atoms with van der Waals surface area (Å²) < 4.78 is 0. The predicted molar refractivity (Wildman–Crippen MR) is 93.2 cm³/mol. The number of aliphatic hydroxyl groups is 1. The fourth-order valence-electron chi connectivity index (χ4n) is 2.27. The Bertz CT molecular complexity index is 641. The number of pyridine rings is 1. The van der Waals surface area contributed by atoms with Gasteiger partial charge >= 0.3 is 0 Å². The smallest absolute Gasteiger partial charge is 0.102 e. The molecule has 4 heteroatoms. The summed E-state index contributed by atoms with van der Waals surface area (Å²) in [5, 5.41) is 11.8. The lowest BCUT2D eigenvalue weighted by molar-refractivity contribution is 0.212. The summed E-state index contributed by atoms with van der Waals surface area (Å²) >= 11 is 12.1. The van der Waals surface area contributed by atoms with Crippen LogP contribution in [0.1, 0.15) is 43.4 Å². The number of rotatable bonds is 6. The molecular weight excluding hydrogens is 317 g/mol. The summed E-state index contributed by atoms with van der Waals surface area (Å²) in [6, 6.07) is 9.02. The van der Waals surface area contributed by atoms with E-state index in [9.17, 15) is 5.11 Å². The fraction of sp³-hybridized carbons (Fsp3) is 0.278. The third-order valence-electron chi connectivity index (χ3n) is 3.46. The highest BCUT2D eigenvalue weighted by Gasteiger charge is 2.16. The molecule has 0 fully saturated rings. The summed E-state index contributed by atoms with van der Waals surface area (Å²) in [5.41, 5.74) is 2.58. The maximum absolute atomic E-state index is 10.7. The van der Waals surface area contributed by atoms with Crippen LogP contribution in [0.5, 0.6) is 0 Å². The van der Waals surface area contributed by atoms with E-state index in [0.717, 1.165) is 30.4 Å². The largest absolute Gasteiger partial charge is 0.384 e. The lowest BCUT2D eigenvalue weighted by Gasteiger charge is -2.17. The van der Waals surface area contributed by atoms with Crippen molar-refractivity contribution in [2.24, 2.45) is 0 Å². The summed E-state index contributed by atoms with van der Waals surface area (Å²) in [5.74, 6) is 0. The summed E-state index contributed by atoms with van der Waals surface area (Å²) in [7, 11) is 0. The zero-order valence-electron chi connectivity index (χ0n) is 12.5. The van der Waals surface area contributed by atoms with Crippen LogP contribution in [-0.2, 0) is 0 Å². The van der Waals surface area contributed by atoms with Crippen molar-refractivity contribution < 1.29 is 5.11 Å². The second kappa shape index (κ2) is 8.33. The van der Waals surface area contributed by atoms with Gasteiger partial charge in [-0.05, 0) is 42.2 Å². The molecule has 1 aromatic heterocycles. The van der Waals surface area contributed by atoms with Crippen molar-refractivity contribution in [1.29, 1.82) is 0 Å². The topological polar surface area (TPSA) is 33.1 Å². The van der Waals surface area contributed by atoms with Gasteiger partial charge < -0.3 is 5.11 Å². The van der Waals surface area contributed by atoms with Crippen molar-refractivity contribution in [2.45, 2.75) is 32.3 Å². The molecule has 0 saturated carbocycles. The van der Waals surface area contributed by atoms with Crippen LogP contribution < -0.4 is 0 Å². The Labute approximate surface area is 141 Å². The molecule has 116 valence electrons. The van der Waals surface area contributed by atoms with E-state index in [0.29, 0.717) is 15.6 Å². The van der Waals surface area contributed by atoms with Crippen LogP contribution in [0.2, 0.25) is 10.0 Å². The fourth-order valence-corrected chi connectivity index (χ4v) is 2.78. The van der Waals surface area contributed by atoms with Gasteiger partial charge in [0.05, 0.1) is 0 Å². The molecule has 1 aromatic carbocycles. The van der Waals surface area contributed by atoms with Crippen LogP contribution in [0.3, 0.4) is 0 Å². The molecule has 2 aromatic rings. The van der Waals surface area contributed by atoms with Crippen molar-refractivity contribution >= 4 is 29.3 Å². The van der Waals surface area contributed by atoms with Crippen molar-refractivity contribution in [1.82, 2.24) is 4.98 Å². The van der Waals surface area contributed by atoms with Gasteiger partial charge in [-0.25, -0.2) is 0 Å². The van der Waals surface area contributed by atoms with Crippen molar-refractivity contribution in [3.63, 3.8) is 0 Å². The van der Waals surface area contributed by atoms with Crippen molar-refractivity contribution in [3.05, 3.63) is 69.5 Å². The van der Waals surface area contributed by atoms with Gasteiger partial charge in [-0.15, -0.1) is 0 Å². The normalized spacial score (nSPS) is 13.2. The Morgan fingerprint density at radius 1 is 1.32 bits per heavy atom. The summed E-state index contributed by atoms with van der Waals surface area (Å²) in [6.45, 7) is 2.13. The molecule has 1 unspecified atom stereocenters. The highest BCUT2D eigenvalue weighted by atomic mass is 35.5.